The van der Waals surface area contributed by atoms with Crippen molar-refractivity contribution in [3.8, 4) is 28.5 Å². The van der Waals surface area contributed by atoms with Crippen molar-refractivity contribution in [3.63, 3.8) is 0 Å². The van der Waals surface area contributed by atoms with Crippen molar-refractivity contribution >= 4 is 33.4 Å². The molecule has 2 heterocycles. The fourth-order valence-corrected chi connectivity index (χ4v) is 4.17. The van der Waals surface area contributed by atoms with Gasteiger partial charge in [0.15, 0.2) is 11.6 Å². The van der Waals surface area contributed by atoms with Crippen molar-refractivity contribution in [2.24, 2.45) is 0 Å². The normalized spacial score (nSPS) is 13.5. The molecule has 0 saturated carbocycles. The maximum Gasteiger partial charge on any atom is 0.226 e. The van der Waals surface area contributed by atoms with Crippen LogP contribution in [-0.4, -0.2) is 19.5 Å². The van der Waals surface area contributed by atoms with Crippen LogP contribution in [0.3, 0.4) is 0 Å². The third-order valence-corrected chi connectivity index (χ3v) is 5.45. The van der Waals surface area contributed by atoms with Crippen molar-refractivity contribution in [2.45, 2.75) is 0 Å². The van der Waals surface area contributed by atoms with E-state index in [-0.39, 0.29) is 22.5 Å². The molecule has 0 fully saturated rings. The van der Waals surface area contributed by atoms with Gasteiger partial charge in [0.05, 0.1) is 17.9 Å². The van der Waals surface area contributed by atoms with Gasteiger partial charge >= 0.3 is 0 Å². The molecule has 0 aliphatic rings. The van der Waals surface area contributed by atoms with Crippen LogP contribution in [0, 0.1) is 0 Å². The van der Waals surface area contributed by atoms with E-state index in [1.54, 1.807) is 0 Å². The minimum Gasteiger partial charge on any atom is -0.309 e. The summed E-state index contributed by atoms with van der Waals surface area (Å²) < 4.78 is 42.8. The van der Waals surface area contributed by atoms with Gasteiger partial charge < -0.3 is 4.57 Å². The highest BCUT2D eigenvalue weighted by atomic mass is 35.5. The van der Waals surface area contributed by atoms with Crippen LogP contribution in [0.25, 0.3) is 50.3 Å². The van der Waals surface area contributed by atoms with Crippen LogP contribution in [0.4, 0.5) is 0 Å². The second-order valence-electron chi connectivity index (χ2n) is 7.14. The Hall–Kier alpha value is -4.02. The summed E-state index contributed by atoms with van der Waals surface area (Å²) in [7, 11) is 0. The van der Waals surface area contributed by atoms with Gasteiger partial charge in [-0.1, -0.05) is 78.7 Å². The van der Waals surface area contributed by atoms with E-state index in [0.29, 0.717) is 5.56 Å². The molecule has 0 N–H and O–H groups in total. The van der Waals surface area contributed by atoms with E-state index in [4.69, 9.17) is 18.5 Å². The fraction of sp³-hybridized carbons (Fsp3) is 0. The Labute approximate surface area is 196 Å². The lowest BCUT2D eigenvalue weighted by atomic mass is 10.1. The van der Waals surface area contributed by atoms with Gasteiger partial charge in [-0.2, -0.15) is 9.97 Å². The molecule has 32 heavy (non-hydrogen) atoms. The Balaban J connectivity index is 1.66. The van der Waals surface area contributed by atoms with E-state index in [0.717, 1.165) is 27.5 Å². The number of rotatable bonds is 3. The van der Waals surface area contributed by atoms with E-state index in [1.807, 2.05) is 72.8 Å². The van der Waals surface area contributed by atoms with E-state index in [9.17, 15) is 0 Å². The predicted molar refractivity (Wildman–Crippen MR) is 130 cm³/mol. The second kappa shape index (κ2) is 7.59. The number of para-hydroxylation sites is 2. The van der Waals surface area contributed by atoms with Gasteiger partial charge in [0, 0.05) is 27.6 Å². The maximum absolute atomic E-state index is 8.34. The average molecular weight is 438 g/mol. The second-order valence-corrected chi connectivity index (χ2v) is 7.48. The Kier molecular flexibility index (Phi) is 3.35. The van der Waals surface area contributed by atoms with Crippen LogP contribution in [-0.2, 0) is 0 Å². The summed E-state index contributed by atoms with van der Waals surface area (Å²) in [4.78, 5) is 13.1. The zero-order valence-electron chi connectivity index (χ0n) is 21.6. The van der Waals surface area contributed by atoms with E-state index < -0.39 is 30.2 Å². The van der Waals surface area contributed by atoms with Gasteiger partial charge in [-0.25, -0.2) is 4.98 Å². The number of nitrogens with zero attached hydrogens (tertiary/aromatic N) is 4. The lowest BCUT2D eigenvalue weighted by Gasteiger charge is -2.09. The maximum atomic E-state index is 8.34. The topological polar surface area (TPSA) is 43.6 Å². The lowest BCUT2D eigenvalue weighted by Crippen LogP contribution is -1.98. The van der Waals surface area contributed by atoms with Gasteiger partial charge in [0.2, 0.25) is 5.28 Å². The molecule has 2 aromatic heterocycles. The summed E-state index contributed by atoms with van der Waals surface area (Å²) in [6.07, 6.45) is 0. The third-order valence-electron chi connectivity index (χ3n) is 5.28. The Morgan fingerprint density at radius 2 is 1.41 bits per heavy atom. The minimum absolute atomic E-state index is 0.0872. The molecule has 0 radical (unpaired) electrons. The van der Waals surface area contributed by atoms with Crippen LogP contribution in [0.2, 0.25) is 5.28 Å². The van der Waals surface area contributed by atoms with Crippen molar-refractivity contribution in [1.29, 1.82) is 0 Å². The number of hydrogen-bond donors (Lipinski definition) is 0. The summed E-state index contributed by atoms with van der Waals surface area (Å²) in [5, 5.41) is 1.74. The monoisotopic (exact) mass is 437 g/mol. The van der Waals surface area contributed by atoms with Gasteiger partial charge in [-0.3, -0.25) is 0 Å². The number of hydrogen-bond acceptors (Lipinski definition) is 3. The summed E-state index contributed by atoms with van der Waals surface area (Å²) in [5.41, 5.74) is 3.49. The molecule has 0 atom stereocenters. The number of fused-ring (bicyclic) bond motifs is 3. The molecule has 0 saturated heterocycles. The van der Waals surface area contributed by atoms with Crippen LogP contribution in [0.5, 0.6) is 0 Å². The van der Waals surface area contributed by atoms with Gasteiger partial charge in [-0.05, 0) is 35.9 Å². The Bertz CT molecular complexity index is 1820. The molecule has 4 nitrogen and oxygen atoms in total. The highest BCUT2D eigenvalue weighted by Gasteiger charge is 2.18. The molecule has 0 bridgehead atoms. The molecule has 0 amide bonds. The zero-order valence-corrected chi connectivity index (χ0v) is 17.4. The fourth-order valence-electron chi connectivity index (χ4n) is 4.01. The first-order valence-corrected chi connectivity index (χ1v) is 10.3. The average Bonchev–Trinajstić information content (AvgIpc) is 3.26. The Morgan fingerprint density at radius 3 is 2.25 bits per heavy atom. The van der Waals surface area contributed by atoms with E-state index >= 15 is 0 Å². The van der Waals surface area contributed by atoms with Gasteiger partial charge in [0.25, 0.3) is 0 Å². The van der Waals surface area contributed by atoms with Crippen molar-refractivity contribution in [3.05, 3.63) is 108 Å². The molecule has 152 valence electrons. The summed E-state index contributed by atoms with van der Waals surface area (Å²) in [5.74, 6) is 0.152. The van der Waals surface area contributed by atoms with Crippen molar-refractivity contribution < 1.29 is 6.85 Å². The largest absolute Gasteiger partial charge is 0.309 e. The molecule has 6 rings (SSSR count). The smallest absolute Gasteiger partial charge is 0.226 e. The molecule has 5 heteroatoms. The third kappa shape index (κ3) is 3.04. The van der Waals surface area contributed by atoms with Crippen molar-refractivity contribution in [1.82, 2.24) is 19.5 Å². The Morgan fingerprint density at radius 1 is 0.688 bits per heavy atom. The first kappa shape index (κ1) is 14.1. The highest BCUT2D eigenvalue weighted by molar-refractivity contribution is 6.28. The molecule has 0 aliphatic carbocycles. The van der Waals surface area contributed by atoms with E-state index in [1.165, 1.54) is 0 Å². The lowest BCUT2D eigenvalue weighted by molar-refractivity contribution is 1.07. The van der Waals surface area contributed by atoms with Crippen LogP contribution in [0.15, 0.2) is 103 Å². The molecule has 0 unspecified atom stereocenters. The quantitative estimate of drug-likeness (QED) is 0.300. The standard InChI is InChI=1S/C27H17ClN4/c28-27-30-25(18-10-3-1-4-11-18)29-26(31-27)21-15-9-17-23-24(21)20-14-7-8-16-22(20)32(23)19-12-5-2-6-13-19/h1-17H/i1D,3D,4D,10D,11D. The molecule has 6 aromatic rings. The van der Waals surface area contributed by atoms with Crippen LogP contribution in [0.1, 0.15) is 6.85 Å². The predicted octanol–water partition coefficient (Wildman–Crippen LogP) is 6.96. The minimum atomic E-state index is -0.488. The number of aromatic nitrogens is 4. The molecule has 4 aromatic carbocycles. The van der Waals surface area contributed by atoms with Crippen LogP contribution < -0.4 is 0 Å². The van der Waals surface area contributed by atoms with Gasteiger partial charge in [0.1, 0.15) is 0 Å². The molecular formula is C27H17ClN4. The van der Waals surface area contributed by atoms with Crippen molar-refractivity contribution in [2.75, 3.05) is 0 Å². The summed E-state index contributed by atoms with van der Waals surface area (Å²) in [6.45, 7) is 0. The number of benzene rings is 4. The molecule has 0 spiro atoms. The van der Waals surface area contributed by atoms with Gasteiger partial charge in [-0.15, -0.1) is 0 Å². The zero-order chi connectivity index (χ0) is 25.8. The molecule has 0 aliphatic heterocycles. The first-order chi connectivity index (χ1) is 17.9. The van der Waals surface area contributed by atoms with Crippen LogP contribution >= 0.6 is 11.6 Å². The first-order valence-electron chi connectivity index (χ1n) is 12.4. The highest BCUT2D eigenvalue weighted by Crippen LogP contribution is 2.37. The number of halogens is 1. The molecular weight excluding hydrogens is 416 g/mol. The van der Waals surface area contributed by atoms with E-state index in [2.05, 4.69) is 19.5 Å². The summed E-state index contributed by atoms with van der Waals surface area (Å²) >= 11 is 6.32. The SMILES string of the molecule is [2H]c1c([2H])c([2H])c(-c2nc(Cl)nc(-c3cccc4c3c3ccccc3n4-c3ccccc3)n2)c([2H])c1[2H]. The summed E-state index contributed by atoms with van der Waals surface area (Å²) in [6, 6.07) is 21.6.